The van der Waals surface area contributed by atoms with Gasteiger partial charge in [0.15, 0.2) is 0 Å². The summed E-state index contributed by atoms with van der Waals surface area (Å²) in [6.07, 6.45) is 7.24. The second kappa shape index (κ2) is 8.32. The minimum atomic E-state index is -1.51. The monoisotopic (exact) mass is 448 g/mol. The summed E-state index contributed by atoms with van der Waals surface area (Å²) in [5.74, 6) is 0. The van der Waals surface area contributed by atoms with E-state index in [0.29, 0.717) is 0 Å². The van der Waals surface area contributed by atoms with Gasteiger partial charge in [-0.2, -0.15) is 0 Å². The zero-order chi connectivity index (χ0) is 14.4. The standard InChI is InChI=1S/C20H20Si.2ClH.Zr/c1-21(2,19-11-15-7-3-4-8-16(15)12-19)20-13-17-9-5-6-10-18(17)14-20;;;/h3-11,13H,12,14H2,1-2H3;2*1H;/q;;;+2/p-2. The molecule has 0 saturated heterocycles. The van der Waals surface area contributed by atoms with E-state index in [0.717, 1.165) is 12.8 Å². The molecule has 0 aromatic heterocycles. The number of hydrogen-bond acceptors (Lipinski definition) is 0. The molecule has 0 N–H and O–H groups in total. The molecule has 0 fully saturated rings. The first-order valence-electron chi connectivity index (χ1n) is 7.72. The van der Waals surface area contributed by atoms with Gasteiger partial charge in [-0.15, -0.1) is 0 Å². The minimum absolute atomic E-state index is 0. The molecule has 0 radical (unpaired) electrons. The second-order valence-corrected chi connectivity index (χ2v) is 11.2. The second-order valence-electron chi connectivity index (χ2n) is 6.72. The first kappa shape index (κ1) is 21.6. The Balaban J connectivity index is 0.000000960. The van der Waals surface area contributed by atoms with E-state index >= 15 is 0 Å². The molecule has 0 saturated carbocycles. The third-order valence-corrected chi connectivity index (χ3v) is 8.99. The third-order valence-electron chi connectivity index (χ3n) is 5.14. The van der Waals surface area contributed by atoms with Crippen LogP contribution in [0.4, 0.5) is 0 Å². The quantitative estimate of drug-likeness (QED) is 0.518. The van der Waals surface area contributed by atoms with Crippen LogP contribution < -0.4 is 24.8 Å². The summed E-state index contributed by atoms with van der Waals surface area (Å²) in [7, 11) is -1.51. The summed E-state index contributed by atoms with van der Waals surface area (Å²) in [5.41, 5.74) is 5.88. The Kier molecular flexibility index (Phi) is 7.50. The van der Waals surface area contributed by atoms with E-state index in [4.69, 9.17) is 0 Å². The van der Waals surface area contributed by atoms with Crippen molar-refractivity contribution in [2.75, 3.05) is 0 Å². The van der Waals surface area contributed by atoms with Crippen molar-refractivity contribution in [1.29, 1.82) is 0 Å². The van der Waals surface area contributed by atoms with Crippen LogP contribution in [0.1, 0.15) is 22.3 Å². The zero-order valence-electron chi connectivity index (χ0n) is 13.9. The molecule has 0 heterocycles. The molecule has 24 heavy (non-hydrogen) atoms. The number of halogens is 2. The summed E-state index contributed by atoms with van der Waals surface area (Å²) in [4.78, 5) is 0. The van der Waals surface area contributed by atoms with Crippen molar-refractivity contribution >= 4 is 20.2 Å². The number of hydrogen-bond donors (Lipinski definition) is 0. The van der Waals surface area contributed by atoms with Crippen LogP contribution in [0.25, 0.3) is 12.2 Å². The van der Waals surface area contributed by atoms with Crippen molar-refractivity contribution < 1.29 is 51.0 Å². The molecule has 4 rings (SSSR count). The van der Waals surface area contributed by atoms with Crippen LogP contribution in [0, 0.1) is 0 Å². The van der Waals surface area contributed by atoms with Crippen molar-refractivity contribution in [2.45, 2.75) is 25.9 Å². The van der Waals surface area contributed by atoms with Gasteiger partial charge in [-0.25, -0.2) is 0 Å². The number of rotatable bonds is 2. The van der Waals surface area contributed by atoms with Crippen LogP contribution in [-0.4, -0.2) is 8.07 Å². The molecule has 0 amide bonds. The fourth-order valence-electron chi connectivity index (χ4n) is 3.57. The first-order valence-corrected chi connectivity index (χ1v) is 10.7. The Morgan fingerprint density at radius 1 is 0.667 bits per heavy atom. The van der Waals surface area contributed by atoms with Crippen LogP contribution in [0.3, 0.4) is 0 Å². The van der Waals surface area contributed by atoms with Crippen LogP contribution in [0.15, 0.2) is 58.9 Å². The molecule has 0 nitrogen and oxygen atoms in total. The predicted octanol–water partition coefficient (Wildman–Crippen LogP) is -0.942. The van der Waals surface area contributed by atoms with Crippen molar-refractivity contribution in [3.05, 3.63) is 81.2 Å². The van der Waals surface area contributed by atoms with Gasteiger partial charge in [-0.1, -0.05) is 84.2 Å². The average molecular weight is 451 g/mol. The van der Waals surface area contributed by atoms with Gasteiger partial charge in [0.1, 0.15) is 8.07 Å². The Labute approximate surface area is 177 Å². The van der Waals surface area contributed by atoms with Crippen molar-refractivity contribution in [3.8, 4) is 0 Å². The molecular weight excluding hydrogens is 430 g/mol. The Morgan fingerprint density at radius 3 is 1.42 bits per heavy atom. The predicted molar refractivity (Wildman–Crippen MR) is 93.7 cm³/mol. The Bertz CT molecular complexity index is 728. The minimum Gasteiger partial charge on any atom is -1.00 e. The van der Waals surface area contributed by atoms with E-state index < -0.39 is 8.07 Å². The number of benzene rings is 2. The van der Waals surface area contributed by atoms with Gasteiger partial charge in [0.2, 0.25) is 0 Å². The van der Waals surface area contributed by atoms with E-state index in [1.54, 1.807) is 10.4 Å². The topological polar surface area (TPSA) is 0 Å². The van der Waals surface area contributed by atoms with Gasteiger partial charge in [0, 0.05) is 0 Å². The molecule has 0 spiro atoms. The molecule has 122 valence electrons. The van der Waals surface area contributed by atoms with Crippen molar-refractivity contribution in [1.82, 2.24) is 0 Å². The number of allylic oxidation sites excluding steroid dienone is 2. The van der Waals surface area contributed by atoms with Gasteiger partial charge < -0.3 is 24.8 Å². The Morgan fingerprint density at radius 2 is 1.04 bits per heavy atom. The molecule has 0 aliphatic heterocycles. The van der Waals surface area contributed by atoms with Gasteiger partial charge in [-0.05, 0) is 35.1 Å². The summed E-state index contributed by atoms with van der Waals surface area (Å²) in [5, 5.41) is 3.37. The fourth-order valence-corrected chi connectivity index (χ4v) is 6.28. The molecule has 4 heteroatoms. The van der Waals surface area contributed by atoms with Gasteiger partial charge in [0.05, 0.1) is 0 Å². The van der Waals surface area contributed by atoms with Crippen LogP contribution in [-0.2, 0) is 39.0 Å². The van der Waals surface area contributed by atoms with Crippen molar-refractivity contribution in [2.24, 2.45) is 0 Å². The summed E-state index contributed by atoms with van der Waals surface area (Å²) in [6.45, 7) is 5.03. The maximum Gasteiger partial charge on any atom is 2.00 e. The molecule has 0 bridgehead atoms. The molecule has 2 aliphatic carbocycles. The largest absolute Gasteiger partial charge is 2.00 e. The molecule has 0 unspecified atom stereocenters. The maximum atomic E-state index is 2.52. The Hall–Kier alpha value is -0.400. The normalized spacial score (nSPS) is 14.2. The van der Waals surface area contributed by atoms with E-state index in [9.17, 15) is 0 Å². The summed E-state index contributed by atoms with van der Waals surface area (Å²) in [6, 6.07) is 17.7. The third kappa shape index (κ3) is 3.73. The summed E-state index contributed by atoms with van der Waals surface area (Å²) >= 11 is 0. The SMILES string of the molecule is C[Si](C)(C1=Cc2ccccc2C1)C1=Cc2ccccc2C1.[Cl-].[Cl-].[Zr+2]. The van der Waals surface area contributed by atoms with Crippen LogP contribution >= 0.6 is 0 Å². The maximum absolute atomic E-state index is 2.52. The van der Waals surface area contributed by atoms with Gasteiger partial charge in [-0.3, -0.25) is 0 Å². The smallest absolute Gasteiger partial charge is 1.00 e. The molecule has 2 aromatic rings. The van der Waals surface area contributed by atoms with Gasteiger partial charge >= 0.3 is 26.2 Å². The molecule has 0 atom stereocenters. The molecule has 2 aliphatic rings. The number of fused-ring (bicyclic) bond motifs is 2. The first-order chi connectivity index (χ1) is 10.1. The van der Waals surface area contributed by atoms with E-state index in [2.05, 4.69) is 73.8 Å². The molecule has 2 aromatic carbocycles. The zero-order valence-corrected chi connectivity index (χ0v) is 18.9. The van der Waals surface area contributed by atoms with Crippen LogP contribution in [0.2, 0.25) is 13.1 Å². The van der Waals surface area contributed by atoms with E-state index in [1.165, 1.54) is 22.3 Å². The van der Waals surface area contributed by atoms with Crippen molar-refractivity contribution in [3.63, 3.8) is 0 Å². The van der Waals surface area contributed by atoms with Gasteiger partial charge in [0.25, 0.3) is 0 Å². The van der Waals surface area contributed by atoms with E-state index in [1.807, 2.05) is 0 Å². The van der Waals surface area contributed by atoms with E-state index in [-0.39, 0.29) is 51.0 Å². The summed E-state index contributed by atoms with van der Waals surface area (Å²) < 4.78 is 0. The molecular formula is C20H20Cl2SiZr. The van der Waals surface area contributed by atoms with Crippen LogP contribution in [0.5, 0.6) is 0 Å². The average Bonchev–Trinajstić information content (AvgIpc) is 3.11. The fraction of sp³-hybridized carbons (Fsp3) is 0.200.